The Bertz CT molecular complexity index is 4680. The van der Waals surface area contributed by atoms with Crippen molar-refractivity contribution in [2.24, 2.45) is 49.9 Å². The molecule has 8 unspecified atom stereocenters. The van der Waals surface area contributed by atoms with Crippen molar-refractivity contribution in [3.8, 4) is 0 Å². The van der Waals surface area contributed by atoms with Crippen LogP contribution in [0.3, 0.4) is 0 Å². The third-order valence-electron chi connectivity index (χ3n) is 24.7. The molecule has 0 spiro atoms. The number of fused-ring (bicyclic) bond motifs is 20. The summed E-state index contributed by atoms with van der Waals surface area (Å²) in [7, 11) is 6.45. The number of carbonyl (C=O) groups is 4. The van der Waals surface area contributed by atoms with Gasteiger partial charge in [-0.2, -0.15) is 20.4 Å². The monoisotopic (exact) mass is 1410 g/mol. The van der Waals surface area contributed by atoms with E-state index >= 15 is 0 Å². The van der Waals surface area contributed by atoms with Crippen LogP contribution >= 0.6 is 23.2 Å². The van der Waals surface area contributed by atoms with Crippen molar-refractivity contribution in [2.45, 2.75) is 193 Å². The molecule has 4 heterocycles. The van der Waals surface area contributed by atoms with Gasteiger partial charge < -0.3 is 18.9 Å². The third-order valence-corrected chi connectivity index (χ3v) is 25.6. The van der Waals surface area contributed by atoms with Gasteiger partial charge in [0.05, 0.1) is 12.4 Å². The SMILES string of the molecule is Cc1ccc2c(c1)C1(OC(=O)c3cn(C)nc3C(F)F)CCC2C1(C)C.Cc1ccc2c(c1)C1(OC(=O)c3cnn(C)c3Cl)CCC2C1(C)C.Cc1ccc2c(c1)C1CCC2(OC(=O)c2cn(C)nc2C(F)F)C1(C)C.Cc1ccc2c(c1)C1CCC2(OC(=O)c2cnn(C)c2Cl)C1(C)C. The van der Waals surface area contributed by atoms with Crippen LogP contribution in [-0.4, -0.2) is 63.0 Å². The van der Waals surface area contributed by atoms with E-state index in [0.29, 0.717) is 57.9 Å². The molecule has 16 rings (SSSR count). The van der Waals surface area contributed by atoms with Crippen molar-refractivity contribution in [1.29, 1.82) is 0 Å². The van der Waals surface area contributed by atoms with Gasteiger partial charge in [0, 0.05) is 62.2 Å². The van der Waals surface area contributed by atoms with Gasteiger partial charge >= 0.3 is 23.9 Å². The van der Waals surface area contributed by atoms with Crippen LogP contribution < -0.4 is 0 Å². The van der Waals surface area contributed by atoms with Gasteiger partial charge in [-0.3, -0.25) is 18.7 Å². The zero-order chi connectivity index (χ0) is 72.3. The van der Waals surface area contributed by atoms with Crippen molar-refractivity contribution >= 4 is 47.1 Å². The number of hydrogen-bond donors (Lipinski definition) is 0. The van der Waals surface area contributed by atoms with E-state index < -0.39 is 70.5 Å². The Labute approximate surface area is 590 Å². The molecule has 0 amide bonds. The van der Waals surface area contributed by atoms with Crippen molar-refractivity contribution < 1.29 is 55.7 Å². The van der Waals surface area contributed by atoms with Gasteiger partial charge in [-0.25, -0.2) is 36.7 Å². The molecule has 16 nitrogen and oxygen atoms in total. The van der Waals surface area contributed by atoms with Crippen LogP contribution in [0.1, 0.15) is 263 Å². The lowest BCUT2D eigenvalue weighted by Crippen LogP contribution is -2.39. The highest BCUT2D eigenvalue weighted by Gasteiger charge is 2.68. The normalized spacial score (nSPS) is 26.0. The van der Waals surface area contributed by atoms with Gasteiger partial charge in [-0.05, 0) is 147 Å². The second-order valence-corrected chi connectivity index (χ2v) is 31.9. The lowest BCUT2D eigenvalue weighted by atomic mass is 9.76. The molecule has 22 heteroatoms. The van der Waals surface area contributed by atoms with E-state index in [-0.39, 0.29) is 32.8 Å². The summed E-state index contributed by atoms with van der Waals surface area (Å²) in [5.74, 6) is -0.795. The molecule has 0 saturated heterocycles. The van der Waals surface area contributed by atoms with Crippen LogP contribution in [0.5, 0.6) is 0 Å². The standard InChI is InChI=1S/2C20H22F2N2O2.2C19H21ClN2O2/c1-11-5-6-15-12(9-11)14-7-8-20(15,19(14,2)3)26-18(25)13-10-24(4)23-16(13)17(21)22;1-11-5-6-12-14-7-8-20(15(12)9-11,19(14,2)3)26-18(25)13-10-24(4)23-16(13)17(21)22;1-11-5-6-15-12(9-11)14-7-8-19(15,18(14,2)3)24-17(23)13-10-21-22(4)16(13)20;1-11-5-6-12-14-7-8-19(15(12)9-11,18(14,2)3)24-17(23)13-10-21-22(4)16(13)20/h2*5-6,9-10,14,17H,7-8H2,1-4H3;2*5-6,9-10,14H,7-8H2,1-4H3. The zero-order valence-electron chi connectivity index (χ0n) is 59.5. The van der Waals surface area contributed by atoms with E-state index in [4.69, 9.17) is 42.1 Å². The van der Waals surface area contributed by atoms with Gasteiger partial charge in [0.15, 0.2) is 0 Å². The van der Waals surface area contributed by atoms with Crippen molar-refractivity contribution in [1.82, 2.24) is 39.1 Å². The minimum absolute atomic E-state index is 0.131. The van der Waals surface area contributed by atoms with Crippen molar-refractivity contribution in [3.63, 3.8) is 0 Å². The summed E-state index contributed by atoms with van der Waals surface area (Å²) < 4.78 is 82.9. The number of benzene rings is 4. The first-order chi connectivity index (χ1) is 46.9. The quantitative estimate of drug-likeness (QED) is 0.0720. The number of esters is 4. The molecule has 8 aliphatic carbocycles. The zero-order valence-corrected chi connectivity index (χ0v) is 61.0. The minimum atomic E-state index is -2.82. The fourth-order valence-corrected chi connectivity index (χ4v) is 19.6. The first kappa shape index (κ1) is 70.3. The molecule has 8 bridgehead atoms. The van der Waals surface area contributed by atoms with E-state index in [1.807, 2.05) is 26.0 Å². The van der Waals surface area contributed by atoms with Gasteiger partial charge in [-0.15, -0.1) is 0 Å². The fourth-order valence-electron chi connectivity index (χ4n) is 19.2. The number of halogens is 6. The maximum Gasteiger partial charge on any atom is 0.343 e. The second-order valence-electron chi connectivity index (χ2n) is 31.2. The molecule has 8 aliphatic rings. The Morgan fingerprint density at radius 3 is 1.00 bits per heavy atom. The minimum Gasteiger partial charge on any atom is -0.450 e. The van der Waals surface area contributed by atoms with Gasteiger partial charge in [0.1, 0.15) is 66.4 Å². The number of ether oxygens (including phenoxy) is 4. The highest BCUT2D eigenvalue weighted by atomic mass is 35.5. The Morgan fingerprint density at radius 2 is 0.700 bits per heavy atom. The summed E-state index contributed by atoms with van der Waals surface area (Å²) in [6.07, 6.45) is 6.97. The fraction of sp³-hybridized carbons (Fsp3) is 0.487. The average molecular weight is 1410 g/mol. The van der Waals surface area contributed by atoms with Crippen LogP contribution in [0.4, 0.5) is 17.6 Å². The number of alkyl halides is 4. The number of rotatable bonds is 10. The maximum atomic E-state index is 13.3. The van der Waals surface area contributed by atoms with Gasteiger partial charge in [0.2, 0.25) is 0 Å². The van der Waals surface area contributed by atoms with E-state index in [2.05, 4.69) is 150 Å². The molecule has 8 atom stereocenters. The molecule has 0 aliphatic heterocycles. The molecule has 100 heavy (non-hydrogen) atoms. The predicted molar refractivity (Wildman–Crippen MR) is 369 cm³/mol. The highest BCUT2D eigenvalue weighted by Crippen LogP contribution is 2.72. The first-order valence-corrected chi connectivity index (χ1v) is 35.0. The molecule has 4 fully saturated rings. The van der Waals surface area contributed by atoms with Crippen LogP contribution in [-0.2, 0) is 69.5 Å². The van der Waals surface area contributed by atoms with E-state index in [1.165, 1.54) is 96.6 Å². The molecule has 4 saturated carbocycles. The molecular formula is C78H86Cl2F4N8O8. The number of aryl methyl sites for hydroxylation is 8. The van der Waals surface area contributed by atoms with E-state index in [9.17, 15) is 36.7 Å². The predicted octanol–water partition coefficient (Wildman–Crippen LogP) is 18.0. The molecule has 528 valence electrons. The summed E-state index contributed by atoms with van der Waals surface area (Å²) in [5.41, 5.74) is 9.84. The lowest BCUT2D eigenvalue weighted by molar-refractivity contribution is -0.0689. The van der Waals surface area contributed by atoms with Crippen LogP contribution in [0.15, 0.2) is 97.6 Å². The van der Waals surface area contributed by atoms with Crippen LogP contribution in [0.2, 0.25) is 10.3 Å². The topological polar surface area (TPSA) is 176 Å². The Balaban J connectivity index is 0.000000120. The Kier molecular flexibility index (Phi) is 17.1. The molecule has 8 aromatic rings. The van der Waals surface area contributed by atoms with Gasteiger partial charge in [0.25, 0.3) is 12.9 Å². The van der Waals surface area contributed by atoms with E-state index in [0.717, 1.165) is 66.3 Å². The lowest BCUT2D eigenvalue weighted by Gasteiger charge is -2.38. The average Bonchev–Trinajstić information content (AvgIpc) is 1.55. The van der Waals surface area contributed by atoms with Crippen molar-refractivity contribution in [3.05, 3.63) is 208 Å². The number of hydrogen-bond acceptors (Lipinski definition) is 12. The van der Waals surface area contributed by atoms with E-state index in [1.54, 1.807) is 14.1 Å². The summed E-state index contributed by atoms with van der Waals surface area (Å²) >= 11 is 12.4. The molecular weight excluding hydrogens is 1320 g/mol. The number of aromatic nitrogens is 8. The van der Waals surface area contributed by atoms with Gasteiger partial charge in [-0.1, -0.05) is 174 Å². The highest BCUT2D eigenvalue weighted by molar-refractivity contribution is 6.33. The summed E-state index contributed by atoms with van der Waals surface area (Å²) in [6.45, 7) is 25.5. The molecule has 4 aromatic carbocycles. The molecule has 0 radical (unpaired) electrons. The Morgan fingerprint density at radius 1 is 0.420 bits per heavy atom. The maximum absolute atomic E-state index is 13.3. The number of nitrogens with zero attached hydrogens (tertiary/aromatic N) is 8. The third kappa shape index (κ3) is 10.4. The molecule has 4 aromatic heterocycles. The first-order valence-electron chi connectivity index (χ1n) is 34.3. The van der Waals surface area contributed by atoms with Crippen LogP contribution in [0.25, 0.3) is 0 Å². The summed E-state index contributed by atoms with van der Waals surface area (Å²) in [5, 5.41) is 16.2. The molecule has 0 N–H and O–H groups in total. The summed E-state index contributed by atoms with van der Waals surface area (Å²) in [6, 6.07) is 25.4. The van der Waals surface area contributed by atoms with Crippen LogP contribution in [0, 0.1) is 49.4 Å². The second kappa shape index (κ2) is 24.3. The van der Waals surface area contributed by atoms with Crippen molar-refractivity contribution in [2.75, 3.05) is 0 Å². The Hall–Kier alpha value is -8.10. The largest absolute Gasteiger partial charge is 0.450 e. The number of carbonyl (C=O) groups excluding carboxylic acids is 4. The summed E-state index contributed by atoms with van der Waals surface area (Å²) in [4.78, 5) is 51.4. The smallest absolute Gasteiger partial charge is 0.343 e.